The van der Waals surface area contributed by atoms with Gasteiger partial charge in [-0.3, -0.25) is 9.59 Å². The summed E-state index contributed by atoms with van der Waals surface area (Å²) >= 11 is -0.611. The minimum absolute atomic E-state index is 0.167. The minimum atomic E-state index is -0.611. The molecule has 0 radical (unpaired) electrons. The maximum Gasteiger partial charge on any atom is 0.209 e. The average molecular weight is 586 g/mol. The molecule has 0 spiro atoms. The van der Waals surface area contributed by atoms with Crippen LogP contribution in [-0.4, -0.2) is 89.7 Å². The Morgan fingerprint density at radius 3 is 1.31 bits per heavy atom. The number of amides is 1. The van der Waals surface area contributed by atoms with Gasteiger partial charge >= 0.3 is 0 Å². The van der Waals surface area contributed by atoms with Crippen molar-refractivity contribution in [3.63, 3.8) is 0 Å². The van der Waals surface area contributed by atoms with Crippen molar-refractivity contribution in [1.29, 1.82) is 0 Å². The Hall–Kier alpha value is -1.00. The first-order valence-corrected chi connectivity index (χ1v) is 16.2. The molecule has 2 fully saturated rings. The molecule has 0 aromatic heterocycles. The predicted octanol–water partition coefficient (Wildman–Crippen LogP) is 5.97. The second kappa shape index (κ2) is 44.0. The van der Waals surface area contributed by atoms with Gasteiger partial charge in [0.25, 0.3) is 0 Å². The summed E-state index contributed by atoms with van der Waals surface area (Å²) in [4.78, 5) is 30.6. The van der Waals surface area contributed by atoms with Crippen molar-refractivity contribution in [2.75, 3.05) is 46.4 Å². The van der Waals surface area contributed by atoms with Gasteiger partial charge in [0.2, 0.25) is 6.41 Å². The van der Waals surface area contributed by atoms with E-state index in [4.69, 9.17) is 14.9 Å². The van der Waals surface area contributed by atoms with E-state index < -0.39 is 16.8 Å². The third-order valence-corrected chi connectivity index (χ3v) is 3.41. The third kappa shape index (κ3) is 157. The van der Waals surface area contributed by atoms with E-state index in [-0.39, 0.29) is 12.4 Å². The lowest BCUT2D eigenvalue weighted by molar-refractivity contribution is -0.117. The monoisotopic (exact) mass is 585 g/mol. The molecule has 0 aromatic carbocycles. The van der Waals surface area contributed by atoms with Crippen LogP contribution in [0.5, 0.6) is 0 Å². The van der Waals surface area contributed by atoms with Crippen molar-refractivity contribution in [3.05, 3.63) is 0 Å². The summed E-state index contributed by atoms with van der Waals surface area (Å²) in [5.74, 6) is 0.620. The Morgan fingerprint density at radius 1 is 0.949 bits per heavy atom. The van der Waals surface area contributed by atoms with Crippen LogP contribution in [0.4, 0.5) is 0 Å². The van der Waals surface area contributed by atoms with Crippen LogP contribution in [0.1, 0.15) is 126 Å². The highest BCUT2D eigenvalue weighted by Gasteiger charge is 2.07. The van der Waals surface area contributed by atoms with Gasteiger partial charge in [0.05, 0.1) is 18.1 Å². The largest absolute Gasteiger partial charge is 0.617 e. The van der Waals surface area contributed by atoms with Crippen molar-refractivity contribution in [1.82, 2.24) is 4.90 Å². The van der Waals surface area contributed by atoms with E-state index in [1.807, 2.05) is 0 Å². The Morgan fingerprint density at radius 2 is 1.21 bits per heavy atom. The van der Waals surface area contributed by atoms with Gasteiger partial charge in [-0.25, -0.2) is 0 Å². The van der Waals surface area contributed by atoms with E-state index in [1.54, 1.807) is 54.3 Å². The van der Waals surface area contributed by atoms with Crippen LogP contribution in [0.2, 0.25) is 0 Å². The van der Waals surface area contributed by atoms with Crippen LogP contribution in [-0.2, 0) is 30.3 Å². The highest BCUT2D eigenvalue weighted by atomic mass is 32.2. The fraction of sp³-hybridized carbons (Fsp3) is 0.900. The highest BCUT2D eigenvalue weighted by Crippen LogP contribution is 2.11. The molecule has 39 heavy (non-hydrogen) atoms. The number of hydrogen-bond acceptors (Lipinski definition) is 7. The molecule has 1 aliphatic heterocycles. The zero-order valence-electron chi connectivity index (χ0n) is 27.8. The van der Waals surface area contributed by atoms with Crippen molar-refractivity contribution < 1.29 is 33.9 Å². The van der Waals surface area contributed by atoms with Gasteiger partial charge in [0.1, 0.15) is 11.6 Å². The zero-order valence-corrected chi connectivity index (χ0v) is 28.6. The Kier molecular flexibility index (Phi) is 57.4. The van der Waals surface area contributed by atoms with Crippen LogP contribution >= 0.6 is 0 Å². The molecule has 9 heteroatoms. The summed E-state index contributed by atoms with van der Waals surface area (Å²) in [6, 6.07) is 0. The number of rotatable bonds is 5. The predicted molar refractivity (Wildman–Crippen MR) is 169 cm³/mol. The number of aliphatic hydroxyl groups is 2. The number of ketones is 2. The summed E-state index contributed by atoms with van der Waals surface area (Å²) in [6.07, 6.45) is 17.6. The molecule has 2 aliphatic rings. The lowest BCUT2D eigenvalue weighted by Gasteiger charge is -2.04. The van der Waals surface area contributed by atoms with Crippen LogP contribution < -0.4 is 0 Å². The highest BCUT2D eigenvalue weighted by molar-refractivity contribution is 7.89. The second-order valence-electron chi connectivity index (χ2n) is 10.3. The minimum Gasteiger partial charge on any atom is -0.617 e. The normalized spacial score (nSPS) is 12.7. The SMILES string of the molecule is C1CCOC1.CC(C)(C)O.CC(C)=O.CCCCCCC.CCO.CN(C)C=O.C[S+](C)[O-].O=C1CCCC1. The van der Waals surface area contributed by atoms with E-state index in [2.05, 4.69) is 13.8 Å². The molecule has 240 valence electrons. The molecule has 1 saturated carbocycles. The molecule has 2 N–H and O–H groups in total. The first kappa shape index (κ1) is 50.8. The molecule has 1 aliphatic carbocycles. The number of ether oxygens (including phenoxy) is 1. The van der Waals surface area contributed by atoms with Gasteiger partial charge < -0.3 is 29.2 Å². The van der Waals surface area contributed by atoms with E-state index in [1.165, 1.54) is 63.7 Å². The van der Waals surface area contributed by atoms with E-state index >= 15 is 0 Å². The quantitative estimate of drug-likeness (QED) is 0.231. The molecule has 2 rings (SSSR count). The maximum absolute atomic E-state index is 10.2. The molecule has 0 unspecified atom stereocenters. The van der Waals surface area contributed by atoms with Gasteiger partial charge in [-0.1, -0.05) is 57.1 Å². The first-order valence-electron chi connectivity index (χ1n) is 14.2. The van der Waals surface area contributed by atoms with E-state index in [9.17, 15) is 18.9 Å². The lowest BCUT2D eigenvalue weighted by atomic mass is 10.2. The molecule has 0 bridgehead atoms. The van der Waals surface area contributed by atoms with Crippen molar-refractivity contribution in [2.45, 2.75) is 132 Å². The van der Waals surface area contributed by atoms with Gasteiger partial charge in [0, 0.05) is 46.8 Å². The molecule has 1 heterocycles. The molecule has 0 atom stereocenters. The Balaban J connectivity index is -0.0000000807. The third-order valence-electron chi connectivity index (χ3n) is 3.41. The smallest absolute Gasteiger partial charge is 0.209 e. The van der Waals surface area contributed by atoms with Crippen LogP contribution in [0.25, 0.3) is 0 Å². The summed E-state index contributed by atoms with van der Waals surface area (Å²) < 4.78 is 14.5. The second-order valence-corrected chi connectivity index (χ2v) is 11.8. The number of nitrogens with zero attached hydrogens (tertiary/aromatic N) is 1. The fourth-order valence-electron chi connectivity index (χ4n) is 1.96. The number of carbonyl (C=O) groups excluding carboxylic acids is 3. The molecular formula is C30H67NO7S. The number of hydrogen-bond donors (Lipinski definition) is 2. The number of Topliss-reactive ketones (excluding diaryl/α,β-unsaturated/α-hetero) is 2. The number of aliphatic hydroxyl groups excluding tert-OH is 1. The molecule has 1 saturated heterocycles. The molecule has 8 nitrogen and oxygen atoms in total. The maximum atomic E-state index is 10.2. The van der Waals surface area contributed by atoms with Crippen molar-refractivity contribution in [2.24, 2.45) is 0 Å². The van der Waals surface area contributed by atoms with Crippen molar-refractivity contribution >= 4 is 29.2 Å². The first-order chi connectivity index (χ1) is 18.0. The Bertz CT molecular complexity index is 432. The van der Waals surface area contributed by atoms with Crippen molar-refractivity contribution in [3.8, 4) is 0 Å². The topological polar surface area (TPSA) is 127 Å². The van der Waals surface area contributed by atoms with E-state index in [0.29, 0.717) is 5.78 Å². The van der Waals surface area contributed by atoms with E-state index in [0.717, 1.165) is 45.3 Å². The average Bonchev–Trinajstić information content (AvgIpc) is 3.51. The standard InChI is InChI=1S/C7H16.C5H8O.C4H8O.C4H10O.C3H7NO.C3H6O.C2H6OS.C2H6O/c1-3-5-7-6-4-2;6-5-3-1-2-4-5;1-2-4-5-3-1;1-4(2,3)5;1-4(2)3-5;1-3(2)4;1-4(2)3;1-2-3/h3-7H2,1-2H3;1-4H2;1-4H2;5H,1-3H3;3H,1-2H3;2*1-2H3;3H,2H2,1H3. The molecule has 0 aromatic rings. The summed E-state index contributed by atoms with van der Waals surface area (Å²) in [6.45, 7) is 16.7. The van der Waals surface area contributed by atoms with Gasteiger partial charge in [-0.2, -0.15) is 0 Å². The van der Waals surface area contributed by atoms with Gasteiger partial charge in [-0.05, 0) is 67.2 Å². The van der Waals surface area contributed by atoms with Crippen LogP contribution in [0.15, 0.2) is 0 Å². The zero-order chi connectivity index (χ0) is 32.1. The summed E-state index contributed by atoms with van der Waals surface area (Å²) in [7, 11) is 3.38. The summed E-state index contributed by atoms with van der Waals surface area (Å²) in [5.41, 5.74) is -0.500. The van der Waals surface area contributed by atoms with Gasteiger partial charge in [-0.15, -0.1) is 0 Å². The fourth-order valence-corrected chi connectivity index (χ4v) is 1.96. The lowest BCUT2D eigenvalue weighted by Crippen LogP contribution is -2.10. The Labute approximate surface area is 245 Å². The number of carbonyl (C=O) groups is 3. The number of unbranched alkanes of at least 4 members (excludes halogenated alkanes) is 4. The summed E-state index contributed by atoms with van der Waals surface area (Å²) in [5, 5.41) is 16.1. The molecule has 1 amide bonds. The van der Waals surface area contributed by atoms with Gasteiger partial charge in [0.15, 0.2) is 0 Å². The van der Waals surface area contributed by atoms with Crippen LogP contribution in [0, 0.1) is 0 Å². The van der Waals surface area contributed by atoms with Crippen LogP contribution in [0.3, 0.4) is 0 Å². The molecular weight excluding hydrogens is 518 g/mol.